The lowest BCUT2D eigenvalue weighted by Gasteiger charge is -2.35. The Bertz CT molecular complexity index is 1500. The average molecular weight is 553 g/mol. The topological polar surface area (TPSA) is 67.8 Å². The first-order valence-electron chi connectivity index (χ1n) is 12.4. The maximum atomic E-state index is 13.7. The Hall–Kier alpha value is -3.91. The number of amides is 1. The van der Waals surface area contributed by atoms with Gasteiger partial charge in [-0.2, -0.15) is 13.2 Å². The third-order valence-corrected chi connectivity index (χ3v) is 7.19. The molecule has 200 valence electrons. The van der Waals surface area contributed by atoms with Gasteiger partial charge >= 0.3 is 6.18 Å². The van der Waals surface area contributed by atoms with Crippen molar-refractivity contribution in [3.63, 3.8) is 0 Å². The summed E-state index contributed by atoms with van der Waals surface area (Å²) in [6.07, 6.45) is -3.02. The van der Waals surface area contributed by atoms with Crippen molar-refractivity contribution in [2.75, 3.05) is 5.32 Å². The van der Waals surface area contributed by atoms with E-state index in [4.69, 9.17) is 16.3 Å². The Kier molecular flexibility index (Phi) is 7.32. The van der Waals surface area contributed by atoms with E-state index in [2.05, 4.69) is 10.3 Å². The highest BCUT2D eigenvalue weighted by Crippen LogP contribution is 2.45. The van der Waals surface area contributed by atoms with Gasteiger partial charge in [0.15, 0.2) is 5.78 Å². The summed E-state index contributed by atoms with van der Waals surface area (Å²) in [5, 5.41) is 2.53. The third kappa shape index (κ3) is 5.61. The van der Waals surface area contributed by atoms with Gasteiger partial charge in [0, 0.05) is 29.3 Å². The number of rotatable bonds is 5. The zero-order chi connectivity index (χ0) is 27.7. The van der Waals surface area contributed by atoms with E-state index in [0.29, 0.717) is 53.3 Å². The molecule has 0 fully saturated rings. The fourth-order valence-corrected chi connectivity index (χ4v) is 5.28. The van der Waals surface area contributed by atoms with Crippen molar-refractivity contribution >= 4 is 34.7 Å². The van der Waals surface area contributed by atoms with Crippen LogP contribution in [0.5, 0.6) is 11.5 Å². The van der Waals surface area contributed by atoms with Crippen LogP contribution in [0.4, 0.5) is 18.9 Å². The number of allylic oxidation sites excluding steroid dienone is 2. The fraction of sp³-hybridized carbons (Fsp3) is 0.233. The molecule has 0 radical (unpaired) electrons. The summed E-state index contributed by atoms with van der Waals surface area (Å²) in [5.41, 5.74) is 1.12. The Labute approximate surface area is 228 Å². The molecule has 9 heteroatoms. The summed E-state index contributed by atoms with van der Waals surface area (Å²) in [7, 11) is 0. The molecule has 0 saturated carbocycles. The number of hydrogen-bond donors (Lipinski definition) is 1. The summed E-state index contributed by atoms with van der Waals surface area (Å²) >= 11 is 6.16. The van der Waals surface area contributed by atoms with Crippen molar-refractivity contribution in [1.82, 2.24) is 0 Å². The van der Waals surface area contributed by atoms with Gasteiger partial charge < -0.3 is 10.1 Å². The Morgan fingerprint density at radius 1 is 1.00 bits per heavy atom. The zero-order valence-electron chi connectivity index (χ0n) is 20.9. The molecule has 0 spiro atoms. The van der Waals surface area contributed by atoms with Crippen LogP contribution in [0.3, 0.4) is 0 Å². The summed E-state index contributed by atoms with van der Waals surface area (Å²) in [6.45, 7) is 1.69. The lowest BCUT2D eigenvalue weighted by molar-refractivity contribution is -0.137. The van der Waals surface area contributed by atoms with Crippen LogP contribution in [-0.4, -0.2) is 17.4 Å². The normalized spacial score (nSPS) is 19.3. The standard InChI is InChI=1S/C30H24ClF3N2O3/c1-17-26(29(38)36-24-16-19(30(32,33)34)13-14-22(24)31)27(28-23(35-17)11-6-12-25(28)37)18-7-5-10-21(15-18)39-20-8-3-2-4-9-20/h2-5,7-10,13-16,26-27H,6,11-12H2,1H3,(H,36,38)/t26?,27-/m1/s1. The van der Waals surface area contributed by atoms with Crippen LogP contribution in [0.25, 0.3) is 0 Å². The van der Waals surface area contributed by atoms with Gasteiger partial charge in [-0.1, -0.05) is 41.9 Å². The van der Waals surface area contributed by atoms with Gasteiger partial charge in [0.1, 0.15) is 11.5 Å². The lowest BCUT2D eigenvalue weighted by Crippen LogP contribution is -2.39. The molecule has 5 rings (SSSR count). The minimum Gasteiger partial charge on any atom is -0.457 e. The fourth-order valence-electron chi connectivity index (χ4n) is 5.11. The number of aliphatic imine (C=N–C) groups is 1. The Morgan fingerprint density at radius 3 is 2.49 bits per heavy atom. The Balaban J connectivity index is 1.54. The molecule has 1 aliphatic heterocycles. The van der Waals surface area contributed by atoms with E-state index in [1.807, 2.05) is 36.4 Å². The molecule has 5 nitrogen and oxygen atoms in total. The molecule has 1 amide bonds. The number of nitrogens with zero attached hydrogens (tertiary/aromatic N) is 1. The second kappa shape index (κ2) is 10.7. The molecule has 0 bridgehead atoms. The quantitative estimate of drug-likeness (QED) is 0.349. The molecular formula is C30H24ClF3N2O3. The number of halogens is 4. The smallest absolute Gasteiger partial charge is 0.416 e. The predicted octanol–water partition coefficient (Wildman–Crippen LogP) is 7.97. The van der Waals surface area contributed by atoms with Crippen LogP contribution in [0.2, 0.25) is 5.02 Å². The maximum Gasteiger partial charge on any atom is 0.416 e. The molecule has 3 aromatic carbocycles. The maximum absolute atomic E-state index is 13.7. The molecule has 2 atom stereocenters. The number of carbonyl (C=O) groups excluding carboxylic acids is 2. The number of ketones is 1. The average Bonchev–Trinajstić information content (AvgIpc) is 2.89. The largest absolute Gasteiger partial charge is 0.457 e. The lowest BCUT2D eigenvalue weighted by atomic mass is 9.71. The number of ether oxygens (including phenoxy) is 1. The highest BCUT2D eigenvalue weighted by Gasteiger charge is 2.42. The molecule has 1 N–H and O–H groups in total. The zero-order valence-corrected chi connectivity index (χ0v) is 21.6. The first-order chi connectivity index (χ1) is 18.6. The van der Waals surface area contributed by atoms with Crippen LogP contribution < -0.4 is 10.1 Å². The first kappa shape index (κ1) is 26.7. The van der Waals surface area contributed by atoms with Crippen LogP contribution >= 0.6 is 11.6 Å². The molecule has 0 aromatic heterocycles. The van der Waals surface area contributed by atoms with Gasteiger partial charge in [0.25, 0.3) is 0 Å². The van der Waals surface area contributed by atoms with Crippen molar-refractivity contribution in [3.05, 3.63) is 100 Å². The van der Waals surface area contributed by atoms with E-state index in [9.17, 15) is 22.8 Å². The number of hydrogen-bond acceptors (Lipinski definition) is 4. The molecule has 3 aromatic rings. The summed E-state index contributed by atoms with van der Waals surface area (Å²) < 4.78 is 46.0. The van der Waals surface area contributed by atoms with E-state index in [-0.39, 0.29) is 16.5 Å². The molecule has 39 heavy (non-hydrogen) atoms. The van der Waals surface area contributed by atoms with Gasteiger partial charge in [0.05, 0.1) is 22.2 Å². The van der Waals surface area contributed by atoms with E-state index in [1.54, 1.807) is 25.1 Å². The predicted molar refractivity (Wildman–Crippen MR) is 143 cm³/mol. The van der Waals surface area contributed by atoms with Crippen molar-refractivity contribution in [2.45, 2.75) is 38.3 Å². The van der Waals surface area contributed by atoms with Crippen molar-refractivity contribution in [1.29, 1.82) is 0 Å². The molecule has 0 saturated heterocycles. The number of nitrogens with one attached hydrogen (secondary N) is 1. The molecular weight excluding hydrogens is 529 g/mol. The third-order valence-electron chi connectivity index (χ3n) is 6.86. The highest BCUT2D eigenvalue weighted by atomic mass is 35.5. The summed E-state index contributed by atoms with van der Waals surface area (Å²) in [6, 6.07) is 19.1. The van der Waals surface area contributed by atoms with E-state index in [0.717, 1.165) is 18.2 Å². The monoisotopic (exact) mass is 552 g/mol. The van der Waals surface area contributed by atoms with E-state index >= 15 is 0 Å². The molecule has 1 heterocycles. The van der Waals surface area contributed by atoms with Crippen LogP contribution in [0, 0.1) is 5.92 Å². The number of para-hydroxylation sites is 1. The van der Waals surface area contributed by atoms with Gasteiger partial charge in [-0.05, 0) is 67.8 Å². The van der Waals surface area contributed by atoms with Gasteiger partial charge in [-0.25, -0.2) is 0 Å². The number of alkyl halides is 3. The molecule has 1 unspecified atom stereocenters. The SMILES string of the molecule is CC1=NC2=C(C(=O)CCC2)[C@H](c2cccc(Oc3ccccc3)c2)C1C(=O)Nc1cc(C(F)(F)F)ccc1Cl. The van der Waals surface area contributed by atoms with Crippen LogP contribution in [0.15, 0.2) is 89.1 Å². The van der Waals surface area contributed by atoms with Crippen LogP contribution in [0.1, 0.15) is 43.2 Å². The van der Waals surface area contributed by atoms with Gasteiger partial charge in [0.2, 0.25) is 5.91 Å². The molecule has 2 aliphatic rings. The number of anilines is 1. The minimum absolute atomic E-state index is 0.0368. The van der Waals surface area contributed by atoms with Gasteiger partial charge in [-0.15, -0.1) is 0 Å². The Morgan fingerprint density at radius 2 is 1.74 bits per heavy atom. The highest BCUT2D eigenvalue weighted by molar-refractivity contribution is 6.34. The van der Waals surface area contributed by atoms with E-state index < -0.39 is 29.5 Å². The second-order valence-corrected chi connectivity index (χ2v) is 9.92. The van der Waals surface area contributed by atoms with E-state index in [1.165, 1.54) is 0 Å². The molecule has 1 aliphatic carbocycles. The van der Waals surface area contributed by atoms with Crippen molar-refractivity contribution in [3.8, 4) is 11.5 Å². The van der Waals surface area contributed by atoms with Crippen LogP contribution in [-0.2, 0) is 15.8 Å². The number of carbonyl (C=O) groups is 2. The first-order valence-corrected chi connectivity index (χ1v) is 12.8. The summed E-state index contributed by atoms with van der Waals surface area (Å²) in [5.74, 6) is -1.22. The second-order valence-electron chi connectivity index (χ2n) is 9.51. The van der Waals surface area contributed by atoms with Crippen molar-refractivity contribution in [2.24, 2.45) is 10.9 Å². The number of Topliss-reactive ketones (excluding diaryl/α,β-unsaturated/α-hetero) is 1. The van der Waals surface area contributed by atoms with Gasteiger partial charge in [-0.3, -0.25) is 14.6 Å². The minimum atomic E-state index is -4.61. The van der Waals surface area contributed by atoms with Crippen molar-refractivity contribution < 1.29 is 27.5 Å². The summed E-state index contributed by atoms with van der Waals surface area (Å²) in [4.78, 5) is 31.5. The number of benzene rings is 3.